The molecule has 0 aliphatic heterocycles. The van der Waals surface area contributed by atoms with Crippen LogP contribution in [0.25, 0.3) is 6.08 Å². The van der Waals surface area contributed by atoms with Gasteiger partial charge in [-0.2, -0.15) is 0 Å². The van der Waals surface area contributed by atoms with Crippen LogP contribution in [0.15, 0.2) is 30.3 Å². The number of hydrogen-bond acceptors (Lipinski definition) is 3. The van der Waals surface area contributed by atoms with E-state index in [0.717, 1.165) is 78.0 Å². The summed E-state index contributed by atoms with van der Waals surface area (Å²) < 4.78 is 12.0. The van der Waals surface area contributed by atoms with E-state index in [1.807, 2.05) is 30.3 Å². The predicted octanol–water partition coefficient (Wildman–Crippen LogP) is 12.1. The molecule has 3 nitrogen and oxygen atoms in total. The van der Waals surface area contributed by atoms with Gasteiger partial charge in [0.2, 0.25) is 0 Å². The number of carbonyl (C=O) groups is 1. The highest BCUT2D eigenvalue weighted by atomic mass is 79.9. The van der Waals surface area contributed by atoms with E-state index >= 15 is 0 Å². The molecule has 0 bridgehead atoms. The summed E-state index contributed by atoms with van der Waals surface area (Å²) in [6.07, 6.45) is 24.4. The first-order chi connectivity index (χ1) is 22.1. The summed E-state index contributed by atoms with van der Waals surface area (Å²) in [5.41, 5.74) is 1.97. The Morgan fingerprint density at radius 2 is 1.61 bits per heavy atom. The lowest BCUT2D eigenvalue weighted by Gasteiger charge is -2.61. The quantitative estimate of drug-likeness (QED) is 0.0792. The third-order valence-corrected chi connectivity index (χ3v) is 14.3. The number of esters is 1. The van der Waals surface area contributed by atoms with Crippen LogP contribution in [-0.2, 0) is 9.53 Å². The number of fused-ring (bicyclic) bond motifs is 5. The molecule has 0 radical (unpaired) electrons. The predicted molar refractivity (Wildman–Crippen MR) is 196 cm³/mol. The van der Waals surface area contributed by atoms with Crippen LogP contribution in [0.3, 0.4) is 0 Å². The van der Waals surface area contributed by atoms with Gasteiger partial charge in [-0.25, -0.2) is 4.79 Å². The van der Waals surface area contributed by atoms with E-state index in [1.54, 1.807) is 6.08 Å². The van der Waals surface area contributed by atoms with Crippen LogP contribution in [0.5, 0.6) is 5.75 Å². The van der Waals surface area contributed by atoms with Gasteiger partial charge in [-0.1, -0.05) is 94.8 Å². The molecule has 258 valence electrons. The maximum absolute atomic E-state index is 12.9. The molecule has 0 spiro atoms. The van der Waals surface area contributed by atoms with Crippen molar-refractivity contribution < 1.29 is 14.3 Å². The molecule has 0 N–H and O–H groups in total. The average Bonchev–Trinajstić information content (AvgIpc) is 3.39. The molecule has 5 rings (SSSR count). The second kappa shape index (κ2) is 16.4. The van der Waals surface area contributed by atoms with Crippen molar-refractivity contribution in [1.29, 1.82) is 0 Å². The first-order valence-electron chi connectivity index (χ1n) is 19.3. The van der Waals surface area contributed by atoms with Crippen molar-refractivity contribution in [2.24, 2.45) is 52.3 Å². The van der Waals surface area contributed by atoms with Gasteiger partial charge in [0.15, 0.2) is 0 Å². The summed E-state index contributed by atoms with van der Waals surface area (Å²) in [5.74, 6) is 6.72. The minimum absolute atomic E-state index is 0.0634. The minimum atomic E-state index is -0.195. The molecule has 9 atom stereocenters. The van der Waals surface area contributed by atoms with E-state index in [9.17, 15) is 4.79 Å². The van der Waals surface area contributed by atoms with E-state index < -0.39 is 0 Å². The summed E-state index contributed by atoms with van der Waals surface area (Å²) in [7, 11) is 0. The number of alkyl halides is 1. The molecule has 4 aliphatic rings. The monoisotopic (exact) mass is 696 g/mol. The Balaban J connectivity index is 1.09. The van der Waals surface area contributed by atoms with Crippen molar-refractivity contribution in [3.8, 4) is 5.75 Å². The highest BCUT2D eigenvalue weighted by Crippen LogP contribution is 2.68. The smallest absolute Gasteiger partial charge is 0.331 e. The second-order valence-electron chi connectivity index (χ2n) is 16.9. The number of halogens is 1. The van der Waals surface area contributed by atoms with Gasteiger partial charge in [-0.3, -0.25) is 0 Å². The summed E-state index contributed by atoms with van der Waals surface area (Å²) >= 11 is 3.49. The Morgan fingerprint density at radius 3 is 2.37 bits per heavy atom. The molecule has 1 aromatic carbocycles. The summed E-state index contributed by atoms with van der Waals surface area (Å²) in [4.78, 5) is 12.9. The van der Waals surface area contributed by atoms with Crippen molar-refractivity contribution in [2.45, 2.75) is 143 Å². The Labute approximate surface area is 290 Å². The Hall–Kier alpha value is -1.29. The highest BCUT2D eigenvalue weighted by Gasteiger charge is 2.60. The van der Waals surface area contributed by atoms with Gasteiger partial charge >= 0.3 is 5.97 Å². The molecule has 0 saturated heterocycles. The first-order valence-corrected chi connectivity index (χ1v) is 20.4. The summed E-state index contributed by atoms with van der Waals surface area (Å²) in [6.45, 7) is 13.4. The fourth-order valence-electron chi connectivity index (χ4n) is 11.1. The van der Waals surface area contributed by atoms with Crippen molar-refractivity contribution in [1.82, 2.24) is 0 Å². The highest BCUT2D eigenvalue weighted by molar-refractivity contribution is 9.09. The molecule has 46 heavy (non-hydrogen) atoms. The van der Waals surface area contributed by atoms with E-state index in [0.29, 0.717) is 16.7 Å². The zero-order chi connectivity index (χ0) is 32.7. The van der Waals surface area contributed by atoms with Gasteiger partial charge in [0.05, 0.1) is 6.61 Å². The number of ether oxygens (including phenoxy) is 2. The first kappa shape index (κ1) is 36.0. The van der Waals surface area contributed by atoms with Gasteiger partial charge < -0.3 is 9.47 Å². The number of hydrogen-bond donors (Lipinski definition) is 0. The topological polar surface area (TPSA) is 35.5 Å². The third-order valence-electron chi connectivity index (χ3n) is 13.7. The second-order valence-corrected chi connectivity index (χ2v) is 17.7. The Kier molecular flexibility index (Phi) is 12.8. The van der Waals surface area contributed by atoms with Gasteiger partial charge in [-0.15, -0.1) is 0 Å². The fourth-order valence-corrected chi connectivity index (χ4v) is 11.5. The van der Waals surface area contributed by atoms with Crippen LogP contribution in [0.2, 0.25) is 0 Å². The number of unbranched alkanes of at least 4 members (excludes halogenated alkanes) is 3. The summed E-state index contributed by atoms with van der Waals surface area (Å²) in [5, 5.41) is 1.08. The van der Waals surface area contributed by atoms with Crippen molar-refractivity contribution in [2.75, 3.05) is 11.9 Å². The van der Waals surface area contributed by atoms with E-state index in [1.165, 1.54) is 83.5 Å². The van der Waals surface area contributed by atoms with E-state index in [4.69, 9.17) is 9.47 Å². The largest absolute Gasteiger partial charge is 0.494 e. The van der Waals surface area contributed by atoms with Gasteiger partial charge in [0, 0.05) is 11.4 Å². The zero-order valence-corrected chi connectivity index (χ0v) is 31.5. The molecule has 4 fully saturated rings. The van der Waals surface area contributed by atoms with Crippen molar-refractivity contribution >= 4 is 28.0 Å². The molecule has 4 saturated carbocycles. The molecular formula is C42H65BrO3. The minimum Gasteiger partial charge on any atom is -0.494 e. The maximum Gasteiger partial charge on any atom is 0.331 e. The molecule has 0 heterocycles. The third kappa shape index (κ3) is 8.46. The van der Waals surface area contributed by atoms with Crippen LogP contribution in [0.1, 0.15) is 143 Å². The fraction of sp³-hybridized carbons (Fsp3) is 0.786. The van der Waals surface area contributed by atoms with Crippen molar-refractivity contribution in [3.63, 3.8) is 0 Å². The Bertz CT molecular complexity index is 1130. The molecule has 4 aliphatic carbocycles. The van der Waals surface area contributed by atoms with Crippen LogP contribution >= 0.6 is 15.9 Å². The van der Waals surface area contributed by atoms with Gasteiger partial charge in [0.1, 0.15) is 11.9 Å². The molecular weight excluding hydrogens is 632 g/mol. The molecule has 4 heteroatoms. The average molecular weight is 698 g/mol. The molecule has 1 aromatic rings. The number of carbonyl (C=O) groups excluding carboxylic acids is 1. The van der Waals surface area contributed by atoms with Crippen LogP contribution in [-0.4, -0.2) is 24.0 Å². The van der Waals surface area contributed by atoms with Crippen LogP contribution < -0.4 is 4.74 Å². The van der Waals surface area contributed by atoms with E-state index in [-0.39, 0.29) is 12.1 Å². The van der Waals surface area contributed by atoms with Crippen LogP contribution in [0.4, 0.5) is 0 Å². The maximum atomic E-state index is 12.9. The van der Waals surface area contributed by atoms with Gasteiger partial charge in [-0.05, 0) is 147 Å². The number of benzene rings is 1. The normalized spacial score (nSPS) is 34.6. The molecule has 2 unspecified atom stereocenters. The lowest BCUT2D eigenvalue weighted by Crippen LogP contribution is -2.54. The SMILES string of the molecule is CC(C)CCC[C@@H](C)[C@H]1CC[C@H]2[C@@H]3CCC4CC(OC(=O)C=Cc5ccc(OCCCCCCBr)cc5)CC[C@]4(C)[C@H]3CC[C@]12C. The Morgan fingerprint density at radius 1 is 0.870 bits per heavy atom. The summed E-state index contributed by atoms with van der Waals surface area (Å²) in [6, 6.07) is 8.03. The lowest BCUT2D eigenvalue weighted by molar-refractivity contribution is -0.157. The van der Waals surface area contributed by atoms with Crippen LogP contribution in [0, 0.1) is 52.3 Å². The lowest BCUT2D eigenvalue weighted by atomic mass is 9.44. The van der Waals surface area contributed by atoms with Crippen molar-refractivity contribution in [3.05, 3.63) is 35.9 Å². The standard InChI is InChI=1S/C42H65BrO3/c1-30(2)11-10-12-31(3)37-20-21-38-36-19-16-33-29-35(23-25-41(33,4)39(36)24-26-42(37,38)5)46-40(44)22-15-32-13-17-34(18-14-32)45-28-9-7-6-8-27-43/h13-15,17-18,22,30-31,33,35-39H,6-12,16,19-21,23-29H2,1-5H3/t31-,33?,35?,36+,37-,38+,39+,41+,42-/m1/s1. The van der Waals surface area contributed by atoms with Gasteiger partial charge in [0.25, 0.3) is 0 Å². The molecule has 0 amide bonds. The zero-order valence-electron chi connectivity index (χ0n) is 29.9. The molecule has 0 aromatic heterocycles. The number of rotatable bonds is 15. The van der Waals surface area contributed by atoms with E-state index in [2.05, 4.69) is 50.5 Å².